The van der Waals surface area contributed by atoms with Gasteiger partial charge in [0, 0.05) is 104 Å². The number of halogens is 2. The van der Waals surface area contributed by atoms with Crippen LogP contribution in [0, 0.1) is 0 Å². The molecule has 0 unspecified atom stereocenters. The Morgan fingerprint density at radius 3 is 1.23 bits per heavy atom. The van der Waals surface area contributed by atoms with Gasteiger partial charge in [0.25, 0.3) is 11.8 Å². The van der Waals surface area contributed by atoms with Crippen LogP contribution in [0.15, 0.2) is 107 Å². The van der Waals surface area contributed by atoms with Gasteiger partial charge in [-0.2, -0.15) is 2.86 Å². The Balaban J connectivity index is 0.000000950. The summed E-state index contributed by atoms with van der Waals surface area (Å²) in [5, 5.41) is 40.2. The number of aliphatic imine (C=N–C) groups is 2. The van der Waals surface area contributed by atoms with E-state index in [2.05, 4.69) is 29.1 Å². The van der Waals surface area contributed by atoms with E-state index in [-0.39, 0.29) is 166 Å². The predicted octanol–water partition coefficient (Wildman–Crippen LogP) is 3.93. The summed E-state index contributed by atoms with van der Waals surface area (Å²) in [6, 6.07) is 28.4. The Morgan fingerprint density at radius 2 is 0.881 bits per heavy atom. The number of para-hydroxylation sites is 2. The number of unbranched alkanes of at least 4 members (excludes halogenated alkanes) is 2. The molecule has 109 heavy (non-hydrogen) atoms. The minimum Gasteiger partial charge on any atom is -0.494 e. The molecule has 36 heteroatoms. The van der Waals surface area contributed by atoms with Crippen molar-refractivity contribution in [3.63, 3.8) is 0 Å². The first-order chi connectivity index (χ1) is 51.3. The molecule has 4 aromatic rings. The summed E-state index contributed by atoms with van der Waals surface area (Å²) < 4.78 is 25.9. The maximum absolute atomic E-state index is 13.3. The molecule has 0 aromatic heterocycles. The molecule has 4 aromatic carbocycles. The molecule has 1 fully saturated rings. The third-order valence-corrected chi connectivity index (χ3v) is 16.2. The Hall–Kier alpha value is -9.24. The number of ether oxygens (including phenoxy) is 3. The first-order valence-electron chi connectivity index (χ1n) is 35.3. The first kappa shape index (κ1) is 97.8. The van der Waals surface area contributed by atoms with Crippen LogP contribution in [0.5, 0.6) is 11.5 Å². The topological polar surface area (TPSA) is 472 Å². The molecule has 0 atom stereocenters. The van der Waals surface area contributed by atoms with Gasteiger partial charge in [0.2, 0.25) is 17.7 Å². The van der Waals surface area contributed by atoms with E-state index in [4.69, 9.17) is 48.0 Å². The molecule has 0 bridgehead atoms. The van der Waals surface area contributed by atoms with Gasteiger partial charge in [0.1, 0.15) is 24.6 Å². The molecule has 3 heterocycles. The number of esters is 1. The van der Waals surface area contributed by atoms with Crippen molar-refractivity contribution in [3.05, 3.63) is 119 Å². The Kier molecular flexibility index (Phi) is 50.3. The van der Waals surface area contributed by atoms with E-state index in [9.17, 15) is 66.1 Å². The van der Waals surface area contributed by atoms with E-state index in [0.29, 0.717) is 117 Å². The second-order valence-electron chi connectivity index (χ2n) is 24.6. The van der Waals surface area contributed by atoms with Gasteiger partial charge in [-0.15, -0.1) is 0 Å². The largest absolute Gasteiger partial charge is 0.494 e. The molecule has 0 saturated carbocycles. The van der Waals surface area contributed by atoms with Crippen LogP contribution in [0.2, 0.25) is 0 Å². The van der Waals surface area contributed by atoms with E-state index in [1.807, 2.05) is 29.2 Å². The van der Waals surface area contributed by atoms with Gasteiger partial charge in [-0.1, -0.05) is 82.6 Å². The molecule has 33 nitrogen and oxygen atoms in total. The van der Waals surface area contributed by atoms with Gasteiger partial charge in [-0.05, 0) is 98.8 Å². The number of rotatable bonds is 34. The molecular formula is C73H110FIN16O17V. The van der Waals surface area contributed by atoms with Gasteiger partial charge in [0.15, 0.2) is 35.1 Å². The van der Waals surface area contributed by atoms with Crippen molar-refractivity contribution in [3.8, 4) is 11.5 Å². The van der Waals surface area contributed by atoms with Gasteiger partial charge in [0.05, 0.1) is 94.4 Å². The third kappa shape index (κ3) is 39.6. The molecule has 7 rings (SSSR count). The SMILES string of the molecule is C.CCCCN=C(N)N.CCCCN=C(N)N.CCOC(=O)CCN1CC(=O)N(Cc2ccc(OCCCN)cc2)c2ccccc2C1=O.FI.O=C(O)CCN1CC(=O)N(Cc2ccc(OCCCNC(=O)CN3CCN(CC(=O)O)CCN(CC(=O)O)CCN(CC(=O)O)CC3)cc2)c2ccccc2C1=O.[V]. The number of carboxylic acids is 4. The number of anilines is 2. The number of aliphatic carboxylic acids is 4. The van der Waals surface area contributed by atoms with Crippen LogP contribution in [-0.4, -0.2) is 272 Å². The first-order valence-corrected chi connectivity index (χ1v) is 36.1. The summed E-state index contributed by atoms with van der Waals surface area (Å²) in [4.78, 5) is 143. The molecule has 0 aliphatic carbocycles. The molecule has 3 aliphatic rings. The molecule has 15 N–H and O–H groups in total. The van der Waals surface area contributed by atoms with Crippen molar-refractivity contribution in [2.75, 3.05) is 161 Å². The zero-order valence-electron chi connectivity index (χ0n) is 61.7. The van der Waals surface area contributed by atoms with Crippen LogP contribution in [0.4, 0.5) is 14.2 Å². The number of hydrogen-bond donors (Lipinski definition) is 10. The average Bonchev–Trinajstić information content (AvgIpc) is 1.68. The maximum atomic E-state index is 13.3. The number of nitrogens with two attached hydrogens (primary N) is 5. The van der Waals surface area contributed by atoms with Gasteiger partial charge in [-0.3, -0.25) is 77.5 Å². The minimum absolute atomic E-state index is 0. The van der Waals surface area contributed by atoms with Crippen molar-refractivity contribution in [1.82, 2.24) is 34.7 Å². The Morgan fingerprint density at radius 1 is 0.514 bits per heavy atom. The second kappa shape index (κ2) is 56.1. The number of amides is 5. The fourth-order valence-electron chi connectivity index (χ4n) is 10.7. The van der Waals surface area contributed by atoms with Crippen molar-refractivity contribution < 1.29 is 104 Å². The number of carboxylic acid groups (broad SMARTS) is 4. The zero-order chi connectivity index (χ0) is 79.1. The standard InChI is InChI=1S/C38H51N7O12.C24H29N3O5.2C5H13N3.CH4.FI.V/c46-32(23-40-13-15-41(25-35(50)51)17-19-43(27-37(54)55)20-18-42(16-14-40)26-36(52)53)39-11-3-21-57-29-8-6-28(7-9-29)22-45-31-5-2-1-4-30(31)38(56)44(24-33(45)47)12-10-34(48)49;1-2-31-23(29)12-14-26-17-22(28)27(21-7-4-3-6-20(21)24(26)30)16-18-8-10-19(11-9-18)32-15-5-13-25;2*1-2-3-4-8-5(6)7;;1-2;/h1-2,4-9H,3,10-27H2,(H,39,46)(H,48,49)(H,50,51)(H,52,53)(H,54,55);3-4,6-11H,2,5,12-17,25H2,1H3;2*2-4H2,1H3,(H4,6,7,8);1H4;;. The van der Waals surface area contributed by atoms with E-state index >= 15 is 0 Å². The summed E-state index contributed by atoms with van der Waals surface area (Å²) >= 11 is 0.650. The Bertz CT molecular complexity index is 3440. The normalized spacial score (nSPS) is 14.1. The van der Waals surface area contributed by atoms with Gasteiger partial charge in [-0.25, -0.2) is 0 Å². The fraction of sp³-hybridized carbons (Fsp3) is 0.507. The summed E-state index contributed by atoms with van der Waals surface area (Å²) in [7, 11) is 0. The Labute approximate surface area is 663 Å². The van der Waals surface area contributed by atoms with Gasteiger partial charge >= 0.3 is 29.8 Å². The molecule has 603 valence electrons. The molecule has 0 spiro atoms. The van der Waals surface area contributed by atoms with Crippen LogP contribution >= 0.6 is 23.2 Å². The summed E-state index contributed by atoms with van der Waals surface area (Å²) in [6.45, 7) is 11.3. The minimum atomic E-state index is -1.06. The average molecular weight is 1680 g/mol. The maximum Gasteiger partial charge on any atom is 0.317 e. The molecule has 3 aliphatic heterocycles. The van der Waals surface area contributed by atoms with E-state index < -0.39 is 35.8 Å². The number of nitrogens with zero attached hydrogens (tertiary/aromatic N) is 10. The van der Waals surface area contributed by atoms with Crippen molar-refractivity contribution in [2.45, 2.75) is 92.7 Å². The number of carbonyl (C=O) groups excluding carboxylic acids is 6. The fourth-order valence-corrected chi connectivity index (χ4v) is 10.7. The molecule has 5 amide bonds. The quantitative estimate of drug-likeness (QED) is 0.0104. The number of benzene rings is 4. The number of fused-ring (bicyclic) bond motifs is 2. The van der Waals surface area contributed by atoms with E-state index in [1.165, 1.54) is 14.7 Å². The summed E-state index contributed by atoms with van der Waals surface area (Å²) in [5.74, 6) is -4.33. The second-order valence-corrected chi connectivity index (χ2v) is 24.6. The summed E-state index contributed by atoms with van der Waals surface area (Å²) in [5.41, 5.74) is 29.2. The van der Waals surface area contributed by atoms with Crippen molar-refractivity contribution in [1.29, 1.82) is 0 Å². The smallest absolute Gasteiger partial charge is 0.317 e. The van der Waals surface area contributed by atoms with E-state index in [0.717, 1.165) is 62.1 Å². The predicted molar refractivity (Wildman–Crippen MR) is 417 cm³/mol. The summed E-state index contributed by atoms with van der Waals surface area (Å²) in [6.07, 6.45) is 5.44. The van der Waals surface area contributed by atoms with Crippen LogP contribution in [0.1, 0.15) is 111 Å². The van der Waals surface area contributed by atoms with Crippen LogP contribution < -0.4 is 53.3 Å². The number of guanidine groups is 2. The van der Waals surface area contributed by atoms with E-state index in [1.54, 1.807) is 99.3 Å². The van der Waals surface area contributed by atoms with Crippen LogP contribution in [-0.2, 0) is 74.7 Å². The molecular weight excluding hydrogens is 1570 g/mol. The number of carbonyl (C=O) groups is 10. The molecule has 1 radical (unpaired) electrons. The van der Waals surface area contributed by atoms with Crippen molar-refractivity contribution in [2.24, 2.45) is 38.7 Å². The molecule has 1 saturated heterocycles. The van der Waals surface area contributed by atoms with Crippen molar-refractivity contribution >= 4 is 106 Å². The zero-order valence-corrected chi connectivity index (χ0v) is 65.3. The van der Waals surface area contributed by atoms with Gasteiger partial charge < -0.3 is 88.2 Å². The number of hydrogen-bond acceptors (Lipinski definition) is 20. The third-order valence-electron chi connectivity index (χ3n) is 16.2. The number of nitrogens with one attached hydrogen (secondary N) is 1. The monoisotopic (exact) mass is 1680 g/mol. The van der Waals surface area contributed by atoms with Crippen LogP contribution in [0.3, 0.4) is 0 Å². The van der Waals surface area contributed by atoms with Crippen LogP contribution in [0.25, 0.3) is 0 Å².